The minimum atomic E-state index is -1.00. The second kappa shape index (κ2) is 9.72. The van der Waals surface area contributed by atoms with Crippen LogP contribution >= 0.6 is 0 Å². The summed E-state index contributed by atoms with van der Waals surface area (Å²) in [5.41, 5.74) is 3.54. The third-order valence-corrected chi connectivity index (χ3v) is 8.00. The molecule has 0 saturated carbocycles. The molecule has 1 aliphatic heterocycles. The van der Waals surface area contributed by atoms with E-state index in [4.69, 9.17) is 4.74 Å². The first-order valence-corrected chi connectivity index (χ1v) is 12.3. The number of ether oxygens (including phenoxy) is 1. The SMILES string of the molecule is CC[C@H](C)[C@H](NC(=O)OCC1c2ccccc2-c2ccccc21)C(=O)N1CC(C)C(C)(C(=O)O)C1. The summed E-state index contributed by atoms with van der Waals surface area (Å²) < 4.78 is 5.66. The molecule has 1 heterocycles. The third kappa shape index (κ3) is 4.51. The van der Waals surface area contributed by atoms with E-state index in [9.17, 15) is 19.5 Å². The zero-order valence-electron chi connectivity index (χ0n) is 20.8. The maximum atomic E-state index is 13.4. The molecule has 7 nitrogen and oxygen atoms in total. The van der Waals surface area contributed by atoms with E-state index in [0.717, 1.165) is 22.3 Å². The number of hydrogen-bond donors (Lipinski definition) is 2. The average Bonchev–Trinajstić information content (AvgIpc) is 3.35. The summed E-state index contributed by atoms with van der Waals surface area (Å²) in [7, 11) is 0. The van der Waals surface area contributed by atoms with Gasteiger partial charge >= 0.3 is 12.1 Å². The molecule has 2 aromatic carbocycles. The van der Waals surface area contributed by atoms with E-state index in [1.54, 1.807) is 11.8 Å². The van der Waals surface area contributed by atoms with Gasteiger partial charge in [0.05, 0.1) is 5.41 Å². The van der Waals surface area contributed by atoms with Crippen molar-refractivity contribution < 1.29 is 24.2 Å². The summed E-state index contributed by atoms with van der Waals surface area (Å²) in [6, 6.07) is 15.5. The van der Waals surface area contributed by atoms with Gasteiger partial charge in [0.1, 0.15) is 12.6 Å². The lowest BCUT2D eigenvalue weighted by Crippen LogP contribution is -2.52. The smallest absolute Gasteiger partial charge is 0.407 e. The van der Waals surface area contributed by atoms with Gasteiger partial charge in [0.15, 0.2) is 0 Å². The van der Waals surface area contributed by atoms with Crippen molar-refractivity contribution >= 4 is 18.0 Å². The largest absolute Gasteiger partial charge is 0.481 e. The van der Waals surface area contributed by atoms with E-state index >= 15 is 0 Å². The lowest BCUT2D eigenvalue weighted by Gasteiger charge is -2.29. The van der Waals surface area contributed by atoms with Crippen LogP contribution in [0.25, 0.3) is 11.1 Å². The van der Waals surface area contributed by atoms with E-state index in [1.807, 2.05) is 45.0 Å². The number of amides is 2. The summed E-state index contributed by atoms with van der Waals surface area (Å²) in [4.78, 5) is 39.6. The van der Waals surface area contributed by atoms with Crippen LogP contribution < -0.4 is 5.32 Å². The molecular formula is C28H34N2O5. The molecule has 2 aliphatic rings. The van der Waals surface area contributed by atoms with Crippen LogP contribution in [-0.4, -0.2) is 53.7 Å². The van der Waals surface area contributed by atoms with Crippen LogP contribution in [0, 0.1) is 17.3 Å². The topological polar surface area (TPSA) is 95.9 Å². The molecule has 4 atom stereocenters. The predicted molar refractivity (Wildman–Crippen MR) is 133 cm³/mol. The van der Waals surface area contributed by atoms with E-state index in [0.29, 0.717) is 13.0 Å². The Morgan fingerprint density at radius 1 is 1.11 bits per heavy atom. The molecule has 0 radical (unpaired) electrons. The Labute approximate surface area is 206 Å². The second-order valence-electron chi connectivity index (χ2n) is 10.2. The quantitative estimate of drug-likeness (QED) is 0.611. The molecular weight excluding hydrogens is 444 g/mol. The van der Waals surface area contributed by atoms with Gasteiger partial charge in [0, 0.05) is 19.0 Å². The molecule has 2 aromatic rings. The van der Waals surface area contributed by atoms with Gasteiger partial charge in [-0.25, -0.2) is 4.79 Å². The molecule has 2 unspecified atom stereocenters. The highest BCUT2D eigenvalue weighted by molar-refractivity contribution is 5.87. The van der Waals surface area contributed by atoms with Crippen LogP contribution in [0.3, 0.4) is 0 Å². The normalized spacial score (nSPS) is 22.7. The number of likely N-dealkylation sites (tertiary alicyclic amines) is 1. The second-order valence-corrected chi connectivity index (χ2v) is 10.2. The lowest BCUT2D eigenvalue weighted by molar-refractivity contribution is -0.149. The molecule has 0 spiro atoms. The summed E-state index contributed by atoms with van der Waals surface area (Å²) in [6.45, 7) is 8.02. The molecule has 7 heteroatoms. The van der Waals surface area contributed by atoms with Crippen molar-refractivity contribution in [2.45, 2.75) is 46.1 Å². The van der Waals surface area contributed by atoms with Gasteiger partial charge in [-0.15, -0.1) is 0 Å². The summed E-state index contributed by atoms with van der Waals surface area (Å²) in [5, 5.41) is 12.5. The Hall–Kier alpha value is -3.35. The van der Waals surface area contributed by atoms with E-state index < -0.39 is 23.5 Å². The number of carboxylic acids is 1. The average molecular weight is 479 g/mol. The number of fused-ring (bicyclic) bond motifs is 3. The van der Waals surface area contributed by atoms with Crippen molar-refractivity contribution in [3.05, 3.63) is 59.7 Å². The number of carbonyl (C=O) groups excluding carboxylic acids is 2. The van der Waals surface area contributed by atoms with E-state index in [2.05, 4.69) is 29.6 Å². The van der Waals surface area contributed by atoms with Crippen LogP contribution in [0.5, 0.6) is 0 Å². The number of aliphatic carboxylic acids is 1. The molecule has 1 fully saturated rings. The fourth-order valence-electron chi connectivity index (χ4n) is 5.24. The first-order valence-electron chi connectivity index (χ1n) is 12.3. The number of carboxylic acid groups (broad SMARTS) is 1. The van der Waals surface area contributed by atoms with Crippen LogP contribution in [0.2, 0.25) is 0 Å². The number of nitrogens with one attached hydrogen (secondary N) is 1. The zero-order chi connectivity index (χ0) is 25.3. The fourth-order valence-corrected chi connectivity index (χ4v) is 5.24. The highest BCUT2D eigenvalue weighted by Crippen LogP contribution is 2.44. The van der Waals surface area contributed by atoms with Crippen molar-refractivity contribution in [2.24, 2.45) is 17.3 Å². The highest BCUT2D eigenvalue weighted by Gasteiger charge is 2.49. The summed E-state index contributed by atoms with van der Waals surface area (Å²) in [5.74, 6) is -1.55. The van der Waals surface area contributed by atoms with Crippen molar-refractivity contribution in [3.63, 3.8) is 0 Å². The minimum absolute atomic E-state index is 0.0680. The van der Waals surface area contributed by atoms with Crippen LogP contribution in [-0.2, 0) is 14.3 Å². The molecule has 35 heavy (non-hydrogen) atoms. The van der Waals surface area contributed by atoms with Gasteiger partial charge in [0.2, 0.25) is 5.91 Å². The fraction of sp³-hybridized carbons (Fsp3) is 0.464. The van der Waals surface area contributed by atoms with Gasteiger partial charge in [0.25, 0.3) is 0 Å². The number of rotatable bonds is 7. The molecule has 4 rings (SSSR count). The van der Waals surface area contributed by atoms with Crippen LogP contribution in [0.1, 0.15) is 51.2 Å². The molecule has 1 aliphatic carbocycles. The van der Waals surface area contributed by atoms with Gasteiger partial charge in [-0.3, -0.25) is 9.59 Å². The number of benzene rings is 2. The van der Waals surface area contributed by atoms with E-state index in [-0.39, 0.29) is 36.8 Å². The summed E-state index contributed by atoms with van der Waals surface area (Å²) >= 11 is 0. The molecule has 0 bridgehead atoms. The number of nitrogens with zero attached hydrogens (tertiary/aromatic N) is 1. The number of hydrogen-bond acceptors (Lipinski definition) is 4. The van der Waals surface area contributed by atoms with Crippen molar-refractivity contribution in [1.29, 1.82) is 0 Å². The molecule has 2 N–H and O–H groups in total. The van der Waals surface area contributed by atoms with E-state index in [1.165, 1.54) is 0 Å². The Morgan fingerprint density at radius 3 is 2.20 bits per heavy atom. The zero-order valence-corrected chi connectivity index (χ0v) is 20.8. The standard InChI is InChI=1S/C28H34N2O5/c1-5-17(2)24(25(31)30-14-18(3)28(4,16-30)26(32)33)29-27(34)35-15-23-21-12-8-6-10-19(21)20-11-7-9-13-22(20)23/h6-13,17-18,23-24H,5,14-16H2,1-4H3,(H,29,34)(H,32,33)/t17-,18?,24-,28?/m0/s1. The van der Waals surface area contributed by atoms with Crippen LogP contribution in [0.4, 0.5) is 4.79 Å². The Morgan fingerprint density at radius 2 is 1.69 bits per heavy atom. The van der Waals surface area contributed by atoms with Gasteiger partial charge in [-0.2, -0.15) is 0 Å². The van der Waals surface area contributed by atoms with Crippen molar-refractivity contribution in [3.8, 4) is 11.1 Å². The van der Waals surface area contributed by atoms with Crippen molar-refractivity contribution in [2.75, 3.05) is 19.7 Å². The first kappa shape index (κ1) is 24.8. The number of carbonyl (C=O) groups is 3. The maximum Gasteiger partial charge on any atom is 0.407 e. The summed E-state index contributed by atoms with van der Waals surface area (Å²) in [6.07, 6.45) is 0.0402. The van der Waals surface area contributed by atoms with Gasteiger partial charge in [-0.05, 0) is 41.0 Å². The predicted octanol–water partition coefficient (Wildman–Crippen LogP) is 4.51. The minimum Gasteiger partial charge on any atom is -0.481 e. The molecule has 0 aromatic heterocycles. The number of alkyl carbamates (subject to hydrolysis) is 1. The molecule has 186 valence electrons. The van der Waals surface area contributed by atoms with Crippen LogP contribution in [0.15, 0.2) is 48.5 Å². The highest BCUT2D eigenvalue weighted by atomic mass is 16.5. The maximum absolute atomic E-state index is 13.4. The van der Waals surface area contributed by atoms with Gasteiger partial charge in [-0.1, -0.05) is 75.7 Å². The molecule has 2 amide bonds. The first-order chi connectivity index (χ1) is 16.7. The Kier molecular flexibility index (Phi) is 6.88. The molecule has 1 saturated heterocycles. The monoisotopic (exact) mass is 478 g/mol. The third-order valence-electron chi connectivity index (χ3n) is 8.00. The van der Waals surface area contributed by atoms with Crippen molar-refractivity contribution in [1.82, 2.24) is 10.2 Å². The lowest BCUT2D eigenvalue weighted by atomic mass is 9.81. The van der Waals surface area contributed by atoms with Gasteiger partial charge < -0.3 is 20.1 Å². The Balaban J connectivity index is 1.45. The Bertz CT molecular complexity index is 1090.